The van der Waals surface area contributed by atoms with Crippen molar-refractivity contribution in [2.75, 3.05) is 6.61 Å². The molecule has 3 heterocycles. The Hall–Kier alpha value is -3.89. The number of imidazole rings is 1. The van der Waals surface area contributed by atoms with Gasteiger partial charge in [-0.3, -0.25) is 4.57 Å². The molecule has 0 aliphatic carbocycles. The summed E-state index contributed by atoms with van der Waals surface area (Å²) >= 11 is 6.01. The zero-order valence-corrected chi connectivity index (χ0v) is 20.7. The monoisotopic (exact) mass is 524 g/mol. The van der Waals surface area contributed by atoms with E-state index in [0.717, 1.165) is 11.1 Å². The number of rotatable bonds is 6. The summed E-state index contributed by atoms with van der Waals surface area (Å²) in [5, 5.41) is -0.134. The third kappa shape index (κ3) is 5.30. The van der Waals surface area contributed by atoms with Crippen molar-refractivity contribution >= 4 is 34.7 Å². The van der Waals surface area contributed by atoms with E-state index in [4.69, 9.17) is 25.8 Å². The minimum atomic E-state index is -1.01. The Morgan fingerprint density at radius 3 is 2.30 bits per heavy atom. The van der Waals surface area contributed by atoms with Crippen LogP contribution in [0.4, 0.5) is 4.39 Å². The average molecular weight is 525 g/mol. The molecule has 0 unspecified atom stereocenters. The molecule has 3 atom stereocenters. The molecule has 4 aromatic rings. The van der Waals surface area contributed by atoms with Crippen LogP contribution in [0, 0.1) is 19.9 Å². The van der Waals surface area contributed by atoms with Crippen LogP contribution < -0.4 is 0 Å². The minimum Gasteiger partial charge on any atom is -0.459 e. The Morgan fingerprint density at radius 1 is 1.03 bits per heavy atom. The summed E-state index contributed by atoms with van der Waals surface area (Å²) in [5.41, 5.74) is 3.10. The molecule has 0 amide bonds. The lowest BCUT2D eigenvalue weighted by molar-refractivity contribution is -0.0563. The van der Waals surface area contributed by atoms with Crippen molar-refractivity contribution in [3.8, 4) is 0 Å². The van der Waals surface area contributed by atoms with Crippen molar-refractivity contribution in [3.05, 3.63) is 88.3 Å². The van der Waals surface area contributed by atoms with Crippen molar-refractivity contribution in [1.82, 2.24) is 19.5 Å². The topological polar surface area (TPSA) is 105 Å². The maximum absolute atomic E-state index is 13.9. The second-order valence-electron chi connectivity index (χ2n) is 8.75. The zero-order chi connectivity index (χ0) is 26.1. The van der Waals surface area contributed by atoms with Gasteiger partial charge in [0.15, 0.2) is 10.8 Å². The summed E-state index contributed by atoms with van der Waals surface area (Å²) in [6.07, 6.45) is -1.75. The number of carbonyl (C=O) groups excluding carboxylic acids is 2. The van der Waals surface area contributed by atoms with Gasteiger partial charge in [-0.1, -0.05) is 47.0 Å². The summed E-state index contributed by atoms with van der Waals surface area (Å²) in [6.45, 7) is 3.65. The van der Waals surface area contributed by atoms with Gasteiger partial charge in [0.2, 0.25) is 0 Å². The summed E-state index contributed by atoms with van der Waals surface area (Å²) in [7, 11) is 0. The molecule has 1 fully saturated rings. The van der Waals surface area contributed by atoms with E-state index in [1.807, 2.05) is 13.8 Å². The Labute approximate surface area is 216 Å². The van der Waals surface area contributed by atoms with Crippen molar-refractivity contribution in [2.24, 2.45) is 0 Å². The zero-order valence-electron chi connectivity index (χ0n) is 19.9. The van der Waals surface area contributed by atoms with E-state index in [-0.39, 0.29) is 29.3 Å². The molecule has 2 aromatic heterocycles. The standard InChI is InChI=1S/C26H22ClFN4O5/c1-14-3-7-16(8-4-14)24(33)35-12-19-18(37-25(34)17-9-5-15(2)6-10-17)11-20(36-19)32-13-29-21-22(27)30-26(28)31-23(21)32/h3-10,13,18-20H,11-12H2,1-2H3/t18-,19+,20+/m0/s1. The second kappa shape index (κ2) is 10.2. The summed E-state index contributed by atoms with van der Waals surface area (Å²) < 4.78 is 32.7. The van der Waals surface area contributed by atoms with E-state index in [9.17, 15) is 14.0 Å². The van der Waals surface area contributed by atoms with Crippen LogP contribution in [-0.2, 0) is 14.2 Å². The maximum atomic E-state index is 13.9. The molecule has 1 aliphatic heterocycles. The molecule has 1 saturated heterocycles. The fraction of sp³-hybridized carbons (Fsp3) is 0.269. The van der Waals surface area contributed by atoms with Gasteiger partial charge in [0.1, 0.15) is 30.6 Å². The van der Waals surface area contributed by atoms with Crippen LogP contribution in [-0.4, -0.2) is 50.3 Å². The smallest absolute Gasteiger partial charge is 0.338 e. The fourth-order valence-corrected chi connectivity index (χ4v) is 4.24. The first-order valence-corrected chi connectivity index (χ1v) is 11.9. The maximum Gasteiger partial charge on any atom is 0.338 e. The average Bonchev–Trinajstić information content (AvgIpc) is 3.47. The first-order chi connectivity index (χ1) is 17.8. The minimum absolute atomic E-state index is 0.128. The van der Waals surface area contributed by atoms with Gasteiger partial charge in [-0.05, 0) is 38.1 Å². The Morgan fingerprint density at radius 2 is 1.65 bits per heavy atom. The molecule has 11 heteroatoms. The van der Waals surface area contributed by atoms with E-state index in [1.54, 1.807) is 48.5 Å². The van der Waals surface area contributed by atoms with Crippen LogP contribution in [0.2, 0.25) is 5.15 Å². The van der Waals surface area contributed by atoms with E-state index in [1.165, 1.54) is 10.9 Å². The van der Waals surface area contributed by atoms with Gasteiger partial charge in [-0.15, -0.1) is 0 Å². The van der Waals surface area contributed by atoms with Crippen LogP contribution in [0.15, 0.2) is 54.9 Å². The molecule has 0 spiro atoms. The largest absolute Gasteiger partial charge is 0.459 e. The van der Waals surface area contributed by atoms with Gasteiger partial charge < -0.3 is 14.2 Å². The van der Waals surface area contributed by atoms with Crippen LogP contribution in [0.5, 0.6) is 0 Å². The van der Waals surface area contributed by atoms with Gasteiger partial charge in [-0.2, -0.15) is 14.4 Å². The second-order valence-corrected chi connectivity index (χ2v) is 9.10. The van der Waals surface area contributed by atoms with Gasteiger partial charge in [0.05, 0.1) is 17.5 Å². The number of halogens is 2. The Bertz CT molecular complexity index is 1460. The summed E-state index contributed by atoms with van der Waals surface area (Å²) in [5.74, 6) is -1.08. The molecule has 0 bridgehead atoms. The number of aromatic nitrogens is 4. The SMILES string of the molecule is Cc1ccc(C(=O)OC[C@H]2O[C@@H](n3cnc4c(Cl)nc(F)nc43)C[C@@H]2OC(=O)c2ccc(C)cc2)cc1. The molecular weight excluding hydrogens is 503 g/mol. The predicted octanol–water partition coefficient (Wildman–Crippen LogP) is 4.61. The van der Waals surface area contributed by atoms with Crippen molar-refractivity contribution in [1.29, 1.82) is 0 Å². The lowest BCUT2D eigenvalue weighted by atomic mass is 10.1. The molecule has 37 heavy (non-hydrogen) atoms. The number of hydrogen-bond acceptors (Lipinski definition) is 8. The molecular formula is C26H22ClFN4O5. The normalized spacial score (nSPS) is 19.2. The van der Waals surface area contributed by atoms with Gasteiger partial charge in [0, 0.05) is 6.42 Å². The highest BCUT2D eigenvalue weighted by molar-refractivity contribution is 6.33. The predicted molar refractivity (Wildman–Crippen MR) is 131 cm³/mol. The number of hydrogen-bond donors (Lipinski definition) is 0. The van der Waals surface area contributed by atoms with E-state index in [2.05, 4.69) is 15.0 Å². The van der Waals surface area contributed by atoms with Crippen molar-refractivity contribution < 1.29 is 28.2 Å². The lowest BCUT2D eigenvalue weighted by Gasteiger charge is -2.19. The number of carbonyl (C=O) groups is 2. The molecule has 0 saturated carbocycles. The van der Waals surface area contributed by atoms with E-state index >= 15 is 0 Å². The highest BCUT2D eigenvalue weighted by Gasteiger charge is 2.40. The summed E-state index contributed by atoms with van der Waals surface area (Å²) in [4.78, 5) is 36.9. The van der Waals surface area contributed by atoms with Gasteiger partial charge in [0.25, 0.3) is 0 Å². The summed E-state index contributed by atoms with van der Waals surface area (Å²) in [6, 6.07) is 13.9. The van der Waals surface area contributed by atoms with E-state index in [0.29, 0.717) is 11.1 Å². The third-order valence-corrected chi connectivity index (χ3v) is 6.32. The number of nitrogens with zero attached hydrogens (tertiary/aromatic N) is 4. The first-order valence-electron chi connectivity index (χ1n) is 11.5. The van der Waals surface area contributed by atoms with Crippen LogP contribution in [0.3, 0.4) is 0 Å². The molecule has 9 nitrogen and oxygen atoms in total. The molecule has 1 aliphatic rings. The molecule has 0 N–H and O–H groups in total. The Kier molecular flexibility index (Phi) is 6.86. The number of aryl methyl sites for hydroxylation is 2. The van der Waals surface area contributed by atoms with Crippen molar-refractivity contribution in [3.63, 3.8) is 0 Å². The number of esters is 2. The lowest BCUT2D eigenvalue weighted by Crippen LogP contribution is -2.32. The fourth-order valence-electron chi connectivity index (χ4n) is 4.04. The van der Waals surface area contributed by atoms with Gasteiger partial charge in [-0.25, -0.2) is 14.6 Å². The number of fused-ring (bicyclic) bond motifs is 1. The van der Waals surface area contributed by atoms with Crippen LogP contribution in [0.25, 0.3) is 11.2 Å². The highest BCUT2D eigenvalue weighted by Crippen LogP contribution is 2.34. The van der Waals surface area contributed by atoms with E-state index < -0.39 is 36.5 Å². The first kappa shape index (κ1) is 24.8. The number of ether oxygens (including phenoxy) is 3. The van der Waals surface area contributed by atoms with Crippen LogP contribution >= 0.6 is 11.6 Å². The molecule has 2 aromatic carbocycles. The molecule has 190 valence electrons. The molecule has 5 rings (SSSR count). The third-order valence-electron chi connectivity index (χ3n) is 6.05. The quantitative estimate of drug-likeness (QED) is 0.205. The Balaban J connectivity index is 1.37. The van der Waals surface area contributed by atoms with Gasteiger partial charge >= 0.3 is 18.0 Å². The van der Waals surface area contributed by atoms with Crippen LogP contribution in [0.1, 0.15) is 44.5 Å². The van der Waals surface area contributed by atoms with Crippen molar-refractivity contribution in [2.45, 2.75) is 38.7 Å². The number of benzene rings is 2. The molecule has 0 radical (unpaired) electrons. The highest BCUT2D eigenvalue weighted by atomic mass is 35.5.